The molecule has 2 heterocycles. The second-order valence-electron chi connectivity index (χ2n) is 7.43. The van der Waals surface area contributed by atoms with Gasteiger partial charge in [0.1, 0.15) is 29.5 Å². The van der Waals surface area contributed by atoms with E-state index in [9.17, 15) is 9.90 Å². The predicted molar refractivity (Wildman–Crippen MR) is 109 cm³/mol. The highest BCUT2D eigenvalue weighted by molar-refractivity contribution is 5.89. The van der Waals surface area contributed by atoms with E-state index in [1.165, 1.54) is 0 Å². The summed E-state index contributed by atoms with van der Waals surface area (Å²) in [6, 6.07) is 14.3. The van der Waals surface area contributed by atoms with Gasteiger partial charge in [-0.2, -0.15) is 0 Å². The molecule has 154 valence electrons. The fourth-order valence-corrected chi connectivity index (χ4v) is 3.80. The molecule has 1 N–H and O–H groups in total. The Morgan fingerprint density at radius 3 is 2.34 bits per heavy atom. The zero-order valence-electron chi connectivity index (χ0n) is 16.5. The summed E-state index contributed by atoms with van der Waals surface area (Å²) in [5, 5.41) is 9.36. The Morgan fingerprint density at radius 1 is 1.03 bits per heavy atom. The number of rotatable bonds is 6. The molecule has 29 heavy (non-hydrogen) atoms. The lowest BCUT2D eigenvalue weighted by Gasteiger charge is -2.33. The first-order valence-corrected chi connectivity index (χ1v) is 9.91. The largest absolute Gasteiger partial charge is 0.508 e. The number of phenolic OH excluding ortho intramolecular Hbond substituents is 1. The Hall–Kier alpha value is -2.93. The van der Waals surface area contributed by atoms with Crippen molar-refractivity contribution in [3.8, 4) is 17.2 Å². The van der Waals surface area contributed by atoms with Gasteiger partial charge in [-0.1, -0.05) is 0 Å². The second-order valence-corrected chi connectivity index (χ2v) is 7.43. The predicted octanol–water partition coefficient (Wildman–Crippen LogP) is 3.27. The molecule has 0 unspecified atom stereocenters. The lowest BCUT2D eigenvalue weighted by atomic mass is 10.1. The molecule has 2 aromatic carbocycles. The highest BCUT2D eigenvalue weighted by Crippen LogP contribution is 2.26. The smallest absolute Gasteiger partial charge is 0.414 e. The number of anilines is 1. The highest BCUT2D eigenvalue weighted by atomic mass is 16.6. The first-order chi connectivity index (χ1) is 14.1. The van der Waals surface area contributed by atoms with Crippen LogP contribution in [-0.2, 0) is 4.74 Å². The molecule has 2 fully saturated rings. The number of amides is 1. The van der Waals surface area contributed by atoms with Crippen molar-refractivity contribution in [3.05, 3.63) is 48.5 Å². The molecule has 0 saturated carbocycles. The topological polar surface area (TPSA) is 71.5 Å². The van der Waals surface area contributed by atoms with Crippen LogP contribution >= 0.6 is 0 Å². The Labute approximate surface area is 170 Å². The van der Waals surface area contributed by atoms with Crippen LogP contribution in [0.1, 0.15) is 12.8 Å². The Kier molecular flexibility index (Phi) is 5.76. The number of piperidine rings is 1. The summed E-state index contributed by atoms with van der Waals surface area (Å²) in [5.41, 5.74) is 0.819. The number of nitrogens with zero attached hydrogens (tertiary/aromatic N) is 2. The highest BCUT2D eigenvalue weighted by Gasteiger charge is 2.34. The van der Waals surface area contributed by atoms with Crippen molar-refractivity contribution in [3.63, 3.8) is 0 Å². The molecule has 0 radical (unpaired) electrons. The number of benzene rings is 2. The lowest BCUT2D eigenvalue weighted by molar-refractivity contribution is 0.0655. The summed E-state index contributed by atoms with van der Waals surface area (Å²) in [5.74, 6) is 1.78. The summed E-state index contributed by atoms with van der Waals surface area (Å²) < 4.78 is 16.7. The molecule has 2 aromatic rings. The maximum absolute atomic E-state index is 12.3. The van der Waals surface area contributed by atoms with Gasteiger partial charge in [-0.25, -0.2) is 4.79 Å². The van der Waals surface area contributed by atoms with E-state index < -0.39 is 0 Å². The Balaban J connectivity index is 1.25. The van der Waals surface area contributed by atoms with Gasteiger partial charge in [0.25, 0.3) is 0 Å². The van der Waals surface area contributed by atoms with Gasteiger partial charge in [0.05, 0.1) is 13.7 Å². The molecular weight excluding hydrogens is 372 g/mol. The molecule has 0 bridgehead atoms. The van der Waals surface area contributed by atoms with Gasteiger partial charge in [-0.05, 0) is 61.4 Å². The molecule has 2 aliphatic heterocycles. The van der Waals surface area contributed by atoms with Crippen molar-refractivity contribution < 1.29 is 24.1 Å². The van der Waals surface area contributed by atoms with E-state index in [2.05, 4.69) is 4.90 Å². The van der Waals surface area contributed by atoms with Crippen molar-refractivity contribution in [1.82, 2.24) is 4.90 Å². The molecule has 1 amide bonds. The number of carbonyl (C=O) groups excluding carboxylic acids is 1. The molecule has 0 aliphatic carbocycles. The monoisotopic (exact) mass is 398 g/mol. The van der Waals surface area contributed by atoms with E-state index >= 15 is 0 Å². The summed E-state index contributed by atoms with van der Waals surface area (Å²) in [6.07, 6.45) is 1.57. The van der Waals surface area contributed by atoms with Crippen LogP contribution in [0.5, 0.6) is 17.2 Å². The number of aromatic hydroxyl groups is 1. The Bertz CT molecular complexity index is 816. The quantitative estimate of drug-likeness (QED) is 0.805. The summed E-state index contributed by atoms with van der Waals surface area (Å²) in [7, 11) is 1.62. The molecule has 2 aliphatic rings. The number of hydrogen-bond acceptors (Lipinski definition) is 6. The molecule has 0 spiro atoms. The zero-order valence-corrected chi connectivity index (χ0v) is 16.5. The molecule has 7 nitrogen and oxygen atoms in total. The van der Waals surface area contributed by atoms with Crippen molar-refractivity contribution >= 4 is 11.8 Å². The summed E-state index contributed by atoms with van der Waals surface area (Å²) in [6.45, 7) is 3.08. The molecule has 1 atom stereocenters. The van der Waals surface area contributed by atoms with Crippen LogP contribution in [0.15, 0.2) is 48.5 Å². The average Bonchev–Trinajstić information content (AvgIpc) is 3.11. The first-order valence-electron chi connectivity index (χ1n) is 9.91. The minimum Gasteiger partial charge on any atom is -0.508 e. The van der Waals surface area contributed by atoms with Gasteiger partial charge in [0.15, 0.2) is 0 Å². The van der Waals surface area contributed by atoms with E-state index in [4.69, 9.17) is 14.2 Å². The molecular formula is C22H26N2O5. The first kappa shape index (κ1) is 19.4. The van der Waals surface area contributed by atoms with Gasteiger partial charge in [-0.15, -0.1) is 0 Å². The number of likely N-dealkylation sites (tertiary alicyclic amines) is 1. The number of phenols is 1. The van der Waals surface area contributed by atoms with Crippen LogP contribution < -0.4 is 14.4 Å². The van der Waals surface area contributed by atoms with Gasteiger partial charge in [-0.3, -0.25) is 9.80 Å². The number of hydrogen-bond donors (Lipinski definition) is 1. The third-order valence-corrected chi connectivity index (χ3v) is 5.39. The molecule has 4 rings (SSSR count). The van der Waals surface area contributed by atoms with Crippen molar-refractivity contribution in [2.45, 2.75) is 25.0 Å². The van der Waals surface area contributed by atoms with E-state index in [1.54, 1.807) is 36.3 Å². The van der Waals surface area contributed by atoms with Gasteiger partial charge >= 0.3 is 6.09 Å². The summed E-state index contributed by atoms with van der Waals surface area (Å²) in [4.78, 5) is 16.3. The van der Waals surface area contributed by atoms with Gasteiger partial charge in [0, 0.05) is 25.3 Å². The lowest BCUT2D eigenvalue weighted by Crippen LogP contribution is -2.42. The van der Waals surface area contributed by atoms with Crippen LogP contribution in [0.25, 0.3) is 0 Å². The number of ether oxygens (including phenoxy) is 3. The maximum atomic E-state index is 12.3. The molecule has 7 heteroatoms. The second kappa shape index (κ2) is 8.61. The van der Waals surface area contributed by atoms with Crippen LogP contribution in [-0.4, -0.2) is 61.6 Å². The van der Waals surface area contributed by atoms with E-state index in [1.807, 2.05) is 24.3 Å². The average molecular weight is 398 g/mol. The minimum absolute atomic E-state index is 0.140. The van der Waals surface area contributed by atoms with E-state index in [-0.39, 0.29) is 24.1 Å². The maximum Gasteiger partial charge on any atom is 0.414 e. The standard InChI is InChI=1S/C22H26N2O5/c1-27-18-6-2-16(3-7-18)24-15-21(29-22(24)26)14-23-12-10-20(11-13-23)28-19-8-4-17(25)5-9-19/h2-9,20-21,25H,10-15H2,1H3/t21-/m0/s1. The van der Waals surface area contributed by atoms with E-state index in [0.717, 1.165) is 49.7 Å². The van der Waals surface area contributed by atoms with Crippen LogP contribution in [0, 0.1) is 0 Å². The van der Waals surface area contributed by atoms with E-state index in [0.29, 0.717) is 6.54 Å². The molecule has 2 saturated heterocycles. The van der Waals surface area contributed by atoms with Crippen LogP contribution in [0.3, 0.4) is 0 Å². The van der Waals surface area contributed by atoms with Crippen molar-refractivity contribution in [2.75, 3.05) is 38.2 Å². The third-order valence-electron chi connectivity index (χ3n) is 5.39. The van der Waals surface area contributed by atoms with Crippen molar-refractivity contribution in [2.24, 2.45) is 0 Å². The number of methoxy groups -OCH3 is 1. The van der Waals surface area contributed by atoms with Gasteiger partial charge in [0.2, 0.25) is 0 Å². The minimum atomic E-state index is -0.300. The van der Waals surface area contributed by atoms with Crippen LogP contribution in [0.2, 0.25) is 0 Å². The SMILES string of the molecule is COc1ccc(N2C[C@H](CN3CCC(Oc4ccc(O)cc4)CC3)OC2=O)cc1. The third kappa shape index (κ3) is 4.74. The zero-order chi connectivity index (χ0) is 20.2. The summed E-state index contributed by atoms with van der Waals surface area (Å²) >= 11 is 0. The molecule has 0 aromatic heterocycles. The fraction of sp³-hybridized carbons (Fsp3) is 0.409. The van der Waals surface area contributed by atoms with Crippen LogP contribution in [0.4, 0.5) is 10.5 Å². The number of carbonyl (C=O) groups is 1. The van der Waals surface area contributed by atoms with Gasteiger partial charge < -0.3 is 19.3 Å². The number of cyclic esters (lactones) is 1. The normalized spacial score (nSPS) is 20.5. The van der Waals surface area contributed by atoms with Crippen molar-refractivity contribution in [1.29, 1.82) is 0 Å². The Morgan fingerprint density at radius 2 is 1.69 bits per heavy atom. The fourth-order valence-electron chi connectivity index (χ4n) is 3.80.